The molecule has 0 unspecified atom stereocenters. The van der Waals surface area contributed by atoms with Crippen molar-refractivity contribution >= 4 is 35.0 Å². The predicted octanol–water partition coefficient (Wildman–Crippen LogP) is 3.76. The molecular formula is C20H24Cl2N2O3. The minimum atomic E-state index is -0.0727. The van der Waals surface area contributed by atoms with Gasteiger partial charge in [0.1, 0.15) is 16.9 Å². The number of likely N-dealkylation sites (tertiary alicyclic amines) is 2. The summed E-state index contributed by atoms with van der Waals surface area (Å²) in [5, 5.41) is 0.866. The van der Waals surface area contributed by atoms with Crippen LogP contribution in [0.15, 0.2) is 18.2 Å². The SMILES string of the molecule is O=C([C@@H]1CCCC[C@@H]1N1CCCC1=O)N1CC(Oc2cccc(Cl)c2Cl)C1. The van der Waals surface area contributed by atoms with Gasteiger partial charge in [0.15, 0.2) is 0 Å². The first-order chi connectivity index (χ1) is 13.0. The Balaban J connectivity index is 1.36. The van der Waals surface area contributed by atoms with Gasteiger partial charge in [0, 0.05) is 19.0 Å². The van der Waals surface area contributed by atoms with Gasteiger partial charge in [0.25, 0.3) is 0 Å². The van der Waals surface area contributed by atoms with Crippen LogP contribution in [0.2, 0.25) is 10.0 Å². The van der Waals surface area contributed by atoms with Gasteiger partial charge in [-0.15, -0.1) is 0 Å². The highest BCUT2D eigenvalue weighted by atomic mass is 35.5. The van der Waals surface area contributed by atoms with E-state index >= 15 is 0 Å². The molecule has 4 rings (SSSR count). The molecule has 0 radical (unpaired) electrons. The minimum absolute atomic E-state index is 0.0691. The molecule has 27 heavy (non-hydrogen) atoms. The van der Waals surface area contributed by atoms with Crippen LogP contribution in [-0.2, 0) is 9.59 Å². The van der Waals surface area contributed by atoms with Gasteiger partial charge in [-0.25, -0.2) is 0 Å². The largest absolute Gasteiger partial charge is 0.485 e. The van der Waals surface area contributed by atoms with E-state index in [9.17, 15) is 9.59 Å². The topological polar surface area (TPSA) is 49.9 Å². The average molecular weight is 411 g/mol. The first kappa shape index (κ1) is 18.9. The van der Waals surface area contributed by atoms with E-state index in [0.717, 1.165) is 38.6 Å². The van der Waals surface area contributed by atoms with E-state index in [-0.39, 0.29) is 29.9 Å². The lowest BCUT2D eigenvalue weighted by Crippen LogP contribution is -2.60. The highest BCUT2D eigenvalue weighted by Gasteiger charge is 2.43. The van der Waals surface area contributed by atoms with Gasteiger partial charge in [-0.3, -0.25) is 9.59 Å². The van der Waals surface area contributed by atoms with Crippen LogP contribution in [0.5, 0.6) is 5.75 Å². The number of benzene rings is 1. The van der Waals surface area contributed by atoms with Crippen LogP contribution in [-0.4, -0.2) is 53.4 Å². The van der Waals surface area contributed by atoms with Crippen LogP contribution in [0.25, 0.3) is 0 Å². The molecule has 2 atom stereocenters. The van der Waals surface area contributed by atoms with Crippen LogP contribution < -0.4 is 4.74 Å². The van der Waals surface area contributed by atoms with Crippen LogP contribution in [0, 0.1) is 5.92 Å². The Morgan fingerprint density at radius 2 is 1.89 bits per heavy atom. The number of carbonyl (C=O) groups is 2. The second-order valence-corrected chi connectivity index (χ2v) is 8.47. The molecule has 1 aromatic rings. The Morgan fingerprint density at radius 3 is 2.63 bits per heavy atom. The fourth-order valence-corrected chi connectivity index (χ4v) is 4.81. The first-order valence-corrected chi connectivity index (χ1v) is 10.5. The molecule has 146 valence electrons. The standard InChI is InChI=1S/C20H24Cl2N2O3/c21-15-6-3-8-17(19(15)22)27-13-11-23(12-13)20(26)14-5-1-2-7-16(14)24-10-4-9-18(24)25/h3,6,8,13-14,16H,1-2,4-5,7,9-12H2/t14-,16+/m1/s1. The lowest BCUT2D eigenvalue weighted by Gasteiger charge is -2.44. The maximum atomic E-state index is 13.1. The molecule has 2 saturated heterocycles. The number of hydrogen-bond acceptors (Lipinski definition) is 3. The molecule has 2 aliphatic heterocycles. The molecule has 0 bridgehead atoms. The lowest BCUT2D eigenvalue weighted by atomic mass is 9.82. The Morgan fingerprint density at radius 1 is 1.11 bits per heavy atom. The highest BCUT2D eigenvalue weighted by Crippen LogP contribution is 2.35. The van der Waals surface area contributed by atoms with Crippen LogP contribution in [0.3, 0.4) is 0 Å². The number of halogens is 2. The normalized spacial score (nSPS) is 26.2. The molecule has 7 heteroatoms. The van der Waals surface area contributed by atoms with E-state index in [4.69, 9.17) is 27.9 Å². The Bertz CT molecular complexity index is 736. The second kappa shape index (κ2) is 7.88. The minimum Gasteiger partial charge on any atom is -0.485 e. The van der Waals surface area contributed by atoms with Crippen molar-refractivity contribution in [3.05, 3.63) is 28.2 Å². The van der Waals surface area contributed by atoms with Crippen molar-refractivity contribution in [1.29, 1.82) is 0 Å². The summed E-state index contributed by atoms with van der Waals surface area (Å²) in [6, 6.07) is 5.37. The van der Waals surface area contributed by atoms with Crippen molar-refractivity contribution in [3.8, 4) is 5.75 Å². The molecule has 3 aliphatic rings. The summed E-state index contributed by atoms with van der Waals surface area (Å²) in [5.74, 6) is 0.854. The van der Waals surface area contributed by atoms with Gasteiger partial charge >= 0.3 is 0 Å². The zero-order valence-electron chi connectivity index (χ0n) is 15.2. The Labute approximate surface area is 169 Å². The van der Waals surface area contributed by atoms with Crippen molar-refractivity contribution in [2.45, 2.75) is 50.7 Å². The molecule has 2 amide bonds. The van der Waals surface area contributed by atoms with Crippen molar-refractivity contribution < 1.29 is 14.3 Å². The molecule has 5 nitrogen and oxygen atoms in total. The quantitative estimate of drug-likeness (QED) is 0.758. The average Bonchev–Trinajstić information content (AvgIpc) is 3.06. The van der Waals surface area contributed by atoms with E-state index in [1.165, 1.54) is 0 Å². The van der Waals surface area contributed by atoms with E-state index in [2.05, 4.69) is 0 Å². The smallest absolute Gasteiger partial charge is 0.228 e. The highest BCUT2D eigenvalue weighted by molar-refractivity contribution is 6.42. The van der Waals surface area contributed by atoms with Crippen molar-refractivity contribution in [1.82, 2.24) is 9.80 Å². The van der Waals surface area contributed by atoms with Gasteiger partial charge in [0.2, 0.25) is 11.8 Å². The molecule has 0 spiro atoms. The molecule has 1 aromatic carbocycles. The maximum Gasteiger partial charge on any atom is 0.228 e. The summed E-state index contributed by atoms with van der Waals surface area (Å²) >= 11 is 12.2. The van der Waals surface area contributed by atoms with Crippen molar-refractivity contribution in [2.75, 3.05) is 19.6 Å². The van der Waals surface area contributed by atoms with Crippen LogP contribution >= 0.6 is 23.2 Å². The summed E-state index contributed by atoms with van der Waals surface area (Å²) in [7, 11) is 0. The fourth-order valence-electron chi connectivity index (χ4n) is 4.47. The number of ether oxygens (including phenoxy) is 1. The zero-order valence-corrected chi connectivity index (χ0v) is 16.7. The van der Waals surface area contributed by atoms with Gasteiger partial charge in [-0.1, -0.05) is 42.1 Å². The summed E-state index contributed by atoms with van der Waals surface area (Å²) in [4.78, 5) is 29.0. The third-order valence-electron chi connectivity index (χ3n) is 5.93. The van der Waals surface area contributed by atoms with Crippen LogP contribution in [0.4, 0.5) is 0 Å². The number of carbonyl (C=O) groups excluding carboxylic acids is 2. The molecule has 2 heterocycles. The summed E-state index contributed by atoms with van der Waals surface area (Å²) < 4.78 is 5.90. The number of rotatable bonds is 4. The zero-order chi connectivity index (χ0) is 19.0. The molecule has 1 saturated carbocycles. The van der Waals surface area contributed by atoms with Crippen molar-refractivity contribution in [2.24, 2.45) is 5.92 Å². The van der Waals surface area contributed by atoms with E-state index in [1.54, 1.807) is 18.2 Å². The van der Waals surface area contributed by atoms with E-state index < -0.39 is 0 Å². The Hall–Kier alpha value is -1.46. The third kappa shape index (κ3) is 3.77. The predicted molar refractivity (Wildman–Crippen MR) is 104 cm³/mol. The summed E-state index contributed by atoms with van der Waals surface area (Å²) in [6.07, 6.45) is 5.43. The monoisotopic (exact) mass is 410 g/mol. The summed E-state index contributed by atoms with van der Waals surface area (Å²) in [5.41, 5.74) is 0. The number of hydrogen-bond donors (Lipinski definition) is 0. The molecule has 0 N–H and O–H groups in total. The van der Waals surface area contributed by atoms with E-state index in [0.29, 0.717) is 35.3 Å². The van der Waals surface area contributed by atoms with Gasteiger partial charge in [-0.05, 0) is 31.4 Å². The Kier molecular flexibility index (Phi) is 5.51. The fraction of sp³-hybridized carbons (Fsp3) is 0.600. The molecular weight excluding hydrogens is 387 g/mol. The third-order valence-corrected chi connectivity index (χ3v) is 6.73. The van der Waals surface area contributed by atoms with Gasteiger partial charge < -0.3 is 14.5 Å². The maximum absolute atomic E-state index is 13.1. The number of nitrogens with zero attached hydrogens (tertiary/aromatic N) is 2. The molecule has 1 aliphatic carbocycles. The van der Waals surface area contributed by atoms with E-state index in [1.807, 2.05) is 9.80 Å². The number of amides is 2. The molecule has 3 fully saturated rings. The molecule has 0 aromatic heterocycles. The summed E-state index contributed by atoms with van der Waals surface area (Å²) in [6.45, 7) is 1.91. The lowest BCUT2D eigenvalue weighted by molar-refractivity contribution is -0.149. The van der Waals surface area contributed by atoms with Crippen molar-refractivity contribution in [3.63, 3.8) is 0 Å². The van der Waals surface area contributed by atoms with Gasteiger partial charge in [-0.2, -0.15) is 0 Å². The second-order valence-electron chi connectivity index (χ2n) is 7.68. The first-order valence-electron chi connectivity index (χ1n) is 9.73. The van der Waals surface area contributed by atoms with Gasteiger partial charge in [0.05, 0.1) is 24.0 Å². The van der Waals surface area contributed by atoms with Crippen LogP contribution in [0.1, 0.15) is 38.5 Å².